The standard InChI is InChI=1S/C11H11ClO4S/c1-6(13)16-10(11(14)15)7-3-4-9(17-2)8(12)5-7/h3-5,10H,1-2H3,(H,14,15). The molecule has 0 saturated heterocycles. The summed E-state index contributed by atoms with van der Waals surface area (Å²) in [6.45, 7) is 1.16. The number of ether oxygens (including phenoxy) is 1. The first-order chi connectivity index (χ1) is 7.95. The molecule has 0 fully saturated rings. The second-order valence-corrected chi connectivity index (χ2v) is 4.48. The number of carbonyl (C=O) groups excluding carboxylic acids is 1. The molecule has 1 aromatic rings. The van der Waals surface area contributed by atoms with Crippen molar-refractivity contribution in [2.24, 2.45) is 0 Å². The molecule has 0 aliphatic rings. The average molecular weight is 275 g/mol. The fourth-order valence-corrected chi connectivity index (χ4v) is 2.15. The molecule has 0 radical (unpaired) electrons. The van der Waals surface area contributed by atoms with Crippen molar-refractivity contribution in [2.75, 3.05) is 6.26 Å². The molecule has 4 nitrogen and oxygen atoms in total. The van der Waals surface area contributed by atoms with Crippen molar-refractivity contribution < 1.29 is 19.4 Å². The number of carboxylic acid groups (broad SMARTS) is 1. The van der Waals surface area contributed by atoms with Crippen LogP contribution in [0.3, 0.4) is 0 Å². The van der Waals surface area contributed by atoms with Crippen molar-refractivity contribution in [1.82, 2.24) is 0 Å². The molecule has 0 bridgehead atoms. The molecule has 0 aromatic heterocycles. The summed E-state index contributed by atoms with van der Waals surface area (Å²) >= 11 is 7.41. The van der Waals surface area contributed by atoms with Crippen molar-refractivity contribution in [2.45, 2.75) is 17.9 Å². The summed E-state index contributed by atoms with van der Waals surface area (Å²) < 4.78 is 4.72. The zero-order valence-corrected chi connectivity index (χ0v) is 10.8. The van der Waals surface area contributed by atoms with E-state index in [4.69, 9.17) is 21.4 Å². The Labute approximate surface area is 108 Å². The second kappa shape index (κ2) is 5.93. The normalized spacial score (nSPS) is 11.9. The van der Waals surface area contributed by atoms with Gasteiger partial charge in [-0.2, -0.15) is 0 Å². The number of benzene rings is 1. The summed E-state index contributed by atoms with van der Waals surface area (Å²) in [6, 6.07) is 4.77. The molecule has 6 heteroatoms. The van der Waals surface area contributed by atoms with Gasteiger partial charge in [-0.1, -0.05) is 17.7 Å². The lowest BCUT2D eigenvalue weighted by atomic mass is 10.1. The minimum absolute atomic E-state index is 0.343. The Kier molecular flexibility index (Phi) is 4.84. The molecule has 1 unspecified atom stereocenters. The second-order valence-electron chi connectivity index (χ2n) is 3.22. The molecule has 1 rings (SSSR count). The minimum atomic E-state index is -1.32. The predicted octanol–water partition coefficient (Wildman–Crippen LogP) is 2.75. The van der Waals surface area contributed by atoms with Gasteiger partial charge in [-0.3, -0.25) is 4.79 Å². The highest BCUT2D eigenvalue weighted by Gasteiger charge is 2.23. The molecule has 0 aliphatic carbocycles. The fraction of sp³-hybridized carbons (Fsp3) is 0.273. The quantitative estimate of drug-likeness (QED) is 0.676. The van der Waals surface area contributed by atoms with Crippen LogP contribution in [-0.2, 0) is 14.3 Å². The number of hydrogen-bond acceptors (Lipinski definition) is 4. The van der Waals surface area contributed by atoms with Crippen LogP contribution in [0.2, 0.25) is 5.02 Å². The zero-order valence-electron chi connectivity index (χ0n) is 9.27. The number of halogens is 1. The van der Waals surface area contributed by atoms with Gasteiger partial charge < -0.3 is 9.84 Å². The highest BCUT2D eigenvalue weighted by atomic mass is 35.5. The minimum Gasteiger partial charge on any atom is -0.478 e. The monoisotopic (exact) mass is 274 g/mol. The van der Waals surface area contributed by atoms with E-state index in [0.717, 1.165) is 11.8 Å². The van der Waals surface area contributed by atoms with Crippen LogP contribution in [0.5, 0.6) is 0 Å². The number of carboxylic acids is 1. The summed E-state index contributed by atoms with van der Waals surface area (Å²) in [7, 11) is 0. The van der Waals surface area contributed by atoms with Gasteiger partial charge in [0.05, 0.1) is 5.02 Å². The summed E-state index contributed by atoms with van der Waals surface area (Å²) in [4.78, 5) is 22.6. The number of hydrogen-bond donors (Lipinski definition) is 1. The van der Waals surface area contributed by atoms with Gasteiger partial charge in [-0.05, 0) is 18.4 Å². The third-order valence-corrected chi connectivity index (χ3v) is 3.21. The number of thioether (sulfide) groups is 1. The molecule has 17 heavy (non-hydrogen) atoms. The van der Waals surface area contributed by atoms with Crippen molar-refractivity contribution in [1.29, 1.82) is 0 Å². The number of rotatable bonds is 4. The number of carbonyl (C=O) groups is 2. The maximum Gasteiger partial charge on any atom is 0.349 e. The van der Waals surface area contributed by atoms with Gasteiger partial charge in [-0.15, -0.1) is 11.8 Å². The Morgan fingerprint density at radius 3 is 2.53 bits per heavy atom. The Morgan fingerprint density at radius 1 is 1.47 bits per heavy atom. The Bertz CT molecular complexity index is 447. The van der Waals surface area contributed by atoms with E-state index in [1.54, 1.807) is 12.1 Å². The van der Waals surface area contributed by atoms with Crippen LogP contribution in [0, 0.1) is 0 Å². The third-order valence-electron chi connectivity index (χ3n) is 1.99. The molecule has 0 amide bonds. The van der Waals surface area contributed by atoms with Crippen LogP contribution in [0.25, 0.3) is 0 Å². The van der Waals surface area contributed by atoms with E-state index >= 15 is 0 Å². The predicted molar refractivity (Wildman–Crippen MR) is 65.4 cm³/mol. The Hall–Kier alpha value is -1.20. The SMILES string of the molecule is CSc1ccc(C(OC(C)=O)C(=O)O)cc1Cl. The van der Waals surface area contributed by atoms with E-state index in [0.29, 0.717) is 10.6 Å². The van der Waals surface area contributed by atoms with E-state index in [9.17, 15) is 9.59 Å². The van der Waals surface area contributed by atoms with Gasteiger partial charge in [0.15, 0.2) is 0 Å². The van der Waals surface area contributed by atoms with Gasteiger partial charge in [0.1, 0.15) is 0 Å². The number of esters is 1. The molecular formula is C11H11ClO4S. The third kappa shape index (κ3) is 3.64. The van der Waals surface area contributed by atoms with Gasteiger partial charge >= 0.3 is 11.9 Å². The van der Waals surface area contributed by atoms with Gasteiger partial charge in [0, 0.05) is 17.4 Å². The van der Waals surface area contributed by atoms with Crippen LogP contribution < -0.4 is 0 Å². The first-order valence-corrected chi connectivity index (χ1v) is 6.29. The fourth-order valence-electron chi connectivity index (χ4n) is 1.27. The van der Waals surface area contributed by atoms with E-state index in [1.807, 2.05) is 6.26 Å². The lowest BCUT2D eigenvalue weighted by Crippen LogP contribution is -2.17. The molecular weight excluding hydrogens is 264 g/mol. The van der Waals surface area contributed by atoms with Crippen LogP contribution in [0.15, 0.2) is 23.1 Å². The molecule has 0 saturated carbocycles. The number of aliphatic carboxylic acids is 1. The maximum atomic E-state index is 11.0. The van der Waals surface area contributed by atoms with E-state index in [2.05, 4.69) is 0 Å². The smallest absolute Gasteiger partial charge is 0.349 e. The van der Waals surface area contributed by atoms with Crippen LogP contribution in [-0.4, -0.2) is 23.3 Å². The first-order valence-electron chi connectivity index (χ1n) is 4.69. The lowest BCUT2D eigenvalue weighted by Gasteiger charge is -2.13. The molecule has 0 heterocycles. The summed E-state index contributed by atoms with van der Waals surface area (Å²) in [5, 5.41) is 9.41. The van der Waals surface area contributed by atoms with E-state index < -0.39 is 18.0 Å². The molecule has 0 aliphatic heterocycles. The Morgan fingerprint density at radius 2 is 2.12 bits per heavy atom. The highest BCUT2D eigenvalue weighted by molar-refractivity contribution is 7.98. The van der Waals surface area contributed by atoms with Crippen LogP contribution in [0.1, 0.15) is 18.6 Å². The molecule has 1 aromatic carbocycles. The van der Waals surface area contributed by atoms with Crippen LogP contribution >= 0.6 is 23.4 Å². The zero-order chi connectivity index (χ0) is 13.0. The van der Waals surface area contributed by atoms with Gasteiger partial charge in [-0.25, -0.2) is 4.79 Å². The Balaban J connectivity index is 3.06. The summed E-state index contributed by atoms with van der Waals surface area (Å²) in [6.07, 6.45) is 0.544. The van der Waals surface area contributed by atoms with E-state index in [-0.39, 0.29) is 0 Å². The van der Waals surface area contributed by atoms with Gasteiger partial charge in [0.25, 0.3) is 0 Å². The molecule has 92 valence electrons. The highest BCUT2D eigenvalue weighted by Crippen LogP contribution is 2.29. The van der Waals surface area contributed by atoms with Crippen molar-refractivity contribution in [3.8, 4) is 0 Å². The average Bonchev–Trinajstić information content (AvgIpc) is 2.25. The van der Waals surface area contributed by atoms with E-state index in [1.165, 1.54) is 17.8 Å². The van der Waals surface area contributed by atoms with Gasteiger partial charge in [0.2, 0.25) is 6.10 Å². The topological polar surface area (TPSA) is 63.6 Å². The first kappa shape index (κ1) is 13.9. The van der Waals surface area contributed by atoms with Crippen molar-refractivity contribution in [3.05, 3.63) is 28.8 Å². The summed E-state index contributed by atoms with van der Waals surface area (Å²) in [5.74, 6) is -1.88. The lowest BCUT2D eigenvalue weighted by molar-refractivity contribution is -0.163. The van der Waals surface area contributed by atoms with Crippen molar-refractivity contribution >= 4 is 35.3 Å². The molecule has 0 spiro atoms. The van der Waals surface area contributed by atoms with Crippen LogP contribution in [0.4, 0.5) is 0 Å². The molecule has 1 N–H and O–H groups in total. The molecule has 1 atom stereocenters. The largest absolute Gasteiger partial charge is 0.478 e. The summed E-state index contributed by atoms with van der Waals surface area (Å²) in [5.41, 5.74) is 0.343. The maximum absolute atomic E-state index is 11.0. The van der Waals surface area contributed by atoms with Crippen molar-refractivity contribution in [3.63, 3.8) is 0 Å².